The third kappa shape index (κ3) is 6.93. The van der Waals surface area contributed by atoms with E-state index >= 15 is 0 Å². The zero-order valence-corrected chi connectivity index (χ0v) is 12.3. The second-order valence-corrected chi connectivity index (χ2v) is 4.57. The SMILES string of the molecule is COCCNC(=O)C(C)NC(=O)N(CC(=O)O)C(C)C. The molecule has 0 bridgehead atoms. The van der Waals surface area contributed by atoms with Crippen molar-refractivity contribution in [3.05, 3.63) is 0 Å². The summed E-state index contributed by atoms with van der Waals surface area (Å²) in [4.78, 5) is 35.4. The number of carbonyl (C=O) groups excluding carboxylic acids is 2. The summed E-state index contributed by atoms with van der Waals surface area (Å²) in [6, 6.07) is -1.62. The fourth-order valence-corrected chi connectivity index (χ4v) is 1.40. The van der Waals surface area contributed by atoms with Gasteiger partial charge in [0.25, 0.3) is 0 Å². The molecule has 0 aliphatic rings. The number of hydrogen-bond donors (Lipinski definition) is 3. The lowest BCUT2D eigenvalue weighted by Crippen LogP contribution is -2.53. The number of carboxylic acids is 1. The van der Waals surface area contributed by atoms with E-state index in [1.165, 1.54) is 14.0 Å². The van der Waals surface area contributed by atoms with Crippen molar-refractivity contribution >= 4 is 17.9 Å². The Morgan fingerprint density at radius 1 is 1.25 bits per heavy atom. The van der Waals surface area contributed by atoms with Crippen molar-refractivity contribution in [2.75, 3.05) is 26.8 Å². The molecule has 0 aliphatic heterocycles. The molecule has 0 aromatic rings. The molecule has 0 aromatic carbocycles. The van der Waals surface area contributed by atoms with Crippen LogP contribution in [0.5, 0.6) is 0 Å². The Kier molecular flexibility index (Phi) is 8.30. The smallest absolute Gasteiger partial charge is 0.323 e. The number of aliphatic carboxylic acids is 1. The van der Waals surface area contributed by atoms with E-state index in [1.54, 1.807) is 13.8 Å². The highest BCUT2D eigenvalue weighted by molar-refractivity contribution is 5.87. The number of amides is 3. The molecule has 0 saturated carbocycles. The average molecular weight is 289 g/mol. The highest BCUT2D eigenvalue weighted by atomic mass is 16.5. The number of nitrogens with zero attached hydrogens (tertiary/aromatic N) is 1. The second kappa shape index (κ2) is 9.13. The molecule has 8 heteroatoms. The summed E-state index contributed by atoms with van der Waals surface area (Å²) in [5.74, 6) is -1.46. The average Bonchev–Trinajstić information content (AvgIpc) is 2.35. The molecular formula is C12H23N3O5. The fourth-order valence-electron chi connectivity index (χ4n) is 1.40. The molecule has 0 radical (unpaired) electrons. The van der Waals surface area contributed by atoms with Crippen molar-refractivity contribution in [2.45, 2.75) is 32.9 Å². The predicted molar refractivity (Wildman–Crippen MR) is 72.4 cm³/mol. The fraction of sp³-hybridized carbons (Fsp3) is 0.750. The molecule has 3 amide bonds. The minimum atomic E-state index is -1.11. The molecule has 1 atom stereocenters. The van der Waals surface area contributed by atoms with Crippen molar-refractivity contribution in [2.24, 2.45) is 0 Å². The normalized spacial score (nSPS) is 11.8. The van der Waals surface area contributed by atoms with E-state index in [2.05, 4.69) is 10.6 Å². The number of hydrogen-bond acceptors (Lipinski definition) is 4. The number of nitrogens with one attached hydrogen (secondary N) is 2. The van der Waals surface area contributed by atoms with Gasteiger partial charge in [-0.15, -0.1) is 0 Å². The zero-order valence-electron chi connectivity index (χ0n) is 12.3. The minimum absolute atomic E-state index is 0.283. The first-order chi connectivity index (χ1) is 9.29. The number of urea groups is 1. The van der Waals surface area contributed by atoms with Crippen LogP contribution in [0.1, 0.15) is 20.8 Å². The minimum Gasteiger partial charge on any atom is -0.480 e. The van der Waals surface area contributed by atoms with E-state index in [0.29, 0.717) is 13.2 Å². The van der Waals surface area contributed by atoms with E-state index in [9.17, 15) is 14.4 Å². The molecule has 0 rings (SSSR count). The van der Waals surface area contributed by atoms with Gasteiger partial charge in [-0.25, -0.2) is 4.79 Å². The standard InChI is InChI=1S/C12H23N3O5/c1-8(2)15(7-10(16)17)12(19)14-9(3)11(18)13-5-6-20-4/h8-9H,5-7H2,1-4H3,(H,13,18)(H,14,19)(H,16,17). The monoisotopic (exact) mass is 289 g/mol. The van der Waals surface area contributed by atoms with Gasteiger partial charge in [-0.3, -0.25) is 9.59 Å². The van der Waals surface area contributed by atoms with Gasteiger partial charge in [-0.2, -0.15) is 0 Å². The van der Waals surface area contributed by atoms with Gasteiger partial charge in [0.2, 0.25) is 5.91 Å². The topological polar surface area (TPSA) is 108 Å². The molecule has 0 fully saturated rings. The van der Waals surface area contributed by atoms with E-state index in [4.69, 9.17) is 9.84 Å². The maximum absolute atomic E-state index is 11.9. The Morgan fingerprint density at radius 2 is 1.85 bits per heavy atom. The van der Waals surface area contributed by atoms with Gasteiger partial charge in [0, 0.05) is 19.7 Å². The van der Waals surface area contributed by atoms with Crippen LogP contribution in [-0.4, -0.2) is 66.8 Å². The van der Waals surface area contributed by atoms with Crippen LogP contribution in [0.3, 0.4) is 0 Å². The van der Waals surface area contributed by atoms with Crippen LogP contribution in [0.15, 0.2) is 0 Å². The first-order valence-electron chi connectivity index (χ1n) is 6.35. The van der Waals surface area contributed by atoms with Crippen molar-refractivity contribution < 1.29 is 24.2 Å². The van der Waals surface area contributed by atoms with Crippen LogP contribution < -0.4 is 10.6 Å². The van der Waals surface area contributed by atoms with E-state index in [0.717, 1.165) is 4.90 Å². The van der Waals surface area contributed by atoms with Gasteiger partial charge >= 0.3 is 12.0 Å². The molecule has 0 saturated heterocycles. The summed E-state index contributed by atoms with van der Waals surface area (Å²) >= 11 is 0. The molecule has 3 N–H and O–H groups in total. The molecule has 20 heavy (non-hydrogen) atoms. The van der Waals surface area contributed by atoms with Gasteiger partial charge in [0.1, 0.15) is 12.6 Å². The van der Waals surface area contributed by atoms with Gasteiger partial charge in [0.05, 0.1) is 6.61 Å². The van der Waals surface area contributed by atoms with E-state index in [1.807, 2.05) is 0 Å². The Balaban J connectivity index is 4.40. The van der Waals surface area contributed by atoms with Crippen LogP contribution in [-0.2, 0) is 14.3 Å². The van der Waals surface area contributed by atoms with Crippen molar-refractivity contribution in [1.29, 1.82) is 0 Å². The maximum atomic E-state index is 11.9. The summed E-state index contributed by atoms with van der Waals surface area (Å²) in [7, 11) is 1.52. The Bertz CT molecular complexity index is 346. The van der Waals surface area contributed by atoms with Gasteiger partial charge in [0.15, 0.2) is 0 Å². The van der Waals surface area contributed by atoms with E-state index in [-0.39, 0.29) is 11.9 Å². The lowest BCUT2D eigenvalue weighted by Gasteiger charge is -2.26. The zero-order chi connectivity index (χ0) is 15.7. The van der Waals surface area contributed by atoms with Crippen LogP contribution in [0.2, 0.25) is 0 Å². The lowest BCUT2D eigenvalue weighted by atomic mass is 10.3. The van der Waals surface area contributed by atoms with Crippen LogP contribution in [0, 0.1) is 0 Å². The van der Waals surface area contributed by atoms with Crippen LogP contribution >= 0.6 is 0 Å². The van der Waals surface area contributed by atoms with Crippen molar-refractivity contribution in [3.8, 4) is 0 Å². The highest BCUT2D eigenvalue weighted by Crippen LogP contribution is 1.99. The quantitative estimate of drug-likeness (QED) is 0.529. The highest BCUT2D eigenvalue weighted by Gasteiger charge is 2.23. The molecule has 8 nitrogen and oxygen atoms in total. The largest absolute Gasteiger partial charge is 0.480 e. The number of carboxylic acid groups (broad SMARTS) is 1. The molecular weight excluding hydrogens is 266 g/mol. The summed E-state index contributed by atoms with van der Waals surface area (Å²) in [6.07, 6.45) is 0. The summed E-state index contributed by atoms with van der Waals surface area (Å²) in [6.45, 7) is 5.24. The van der Waals surface area contributed by atoms with Crippen LogP contribution in [0.25, 0.3) is 0 Å². The summed E-state index contributed by atoms with van der Waals surface area (Å²) in [5.41, 5.74) is 0. The number of carbonyl (C=O) groups is 3. The summed E-state index contributed by atoms with van der Waals surface area (Å²) in [5, 5.41) is 13.8. The third-order valence-corrected chi connectivity index (χ3v) is 2.53. The number of rotatable bonds is 8. The van der Waals surface area contributed by atoms with Crippen molar-refractivity contribution in [1.82, 2.24) is 15.5 Å². The summed E-state index contributed by atoms with van der Waals surface area (Å²) < 4.78 is 4.79. The molecule has 0 heterocycles. The molecule has 1 unspecified atom stereocenters. The van der Waals surface area contributed by atoms with Gasteiger partial charge < -0.3 is 25.4 Å². The molecule has 0 aromatic heterocycles. The third-order valence-electron chi connectivity index (χ3n) is 2.53. The Hall–Kier alpha value is -1.83. The molecule has 0 aliphatic carbocycles. The first kappa shape index (κ1) is 18.2. The number of methoxy groups -OCH3 is 1. The predicted octanol–water partition coefficient (Wildman–Crippen LogP) is -0.358. The van der Waals surface area contributed by atoms with Gasteiger partial charge in [-0.1, -0.05) is 0 Å². The second-order valence-electron chi connectivity index (χ2n) is 4.57. The Morgan fingerprint density at radius 3 is 2.30 bits per heavy atom. The van der Waals surface area contributed by atoms with Crippen molar-refractivity contribution in [3.63, 3.8) is 0 Å². The molecule has 116 valence electrons. The van der Waals surface area contributed by atoms with E-state index < -0.39 is 24.6 Å². The van der Waals surface area contributed by atoms with Crippen LogP contribution in [0.4, 0.5) is 4.79 Å². The lowest BCUT2D eigenvalue weighted by molar-refractivity contribution is -0.138. The first-order valence-corrected chi connectivity index (χ1v) is 6.35. The van der Waals surface area contributed by atoms with Gasteiger partial charge in [-0.05, 0) is 20.8 Å². The molecule has 0 spiro atoms. The number of ether oxygens (including phenoxy) is 1. The Labute approximate surface area is 118 Å². The maximum Gasteiger partial charge on any atom is 0.323 e.